The molecule has 0 aliphatic carbocycles. The summed E-state index contributed by atoms with van der Waals surface area (Å²) in [6.45, 7) is 5.42. The first-order chi connectivity index (χ1) is 6.00. The molecule has 0 aromatic heterocycles. The number of rotatable bonds is 5. The van der Waals surface area contributed by atoms with Crippen molar-refractivity contribution in [1.29, 1.82) is 5.26 Å². The van der Waals surface area contributed by atoms with Crippen molar-refractivity contribution in [3.63, 3.8) is 0 Å². The molecule has 5 heteroatoms. The molecule has 4 nitrogen and oxygen atoms in total. The van der Waals surface area contributed by atoms with Crippen molar-refractivity contribution in [2.45, 2.75) is 39.2 Å². The molecule has 0 bridgehead atoms. The highest BCUT2D eigenvalue weighted by molar-refractivity contribution is 7.32. The molecule has 2 unspecified atom stereocenters. The first kappa shape index (κ1) is 12.6. The fraction of sp³-hybridized carbons (Fsp3) is 0.875. The molecule has 0 spiro atoms. The molecule has 2 atom stereocenters. The van der Waals surface area contributed by atoms with Crippen LogP contribution in [0.5, 0.6) is 0 Å². The van der Waals surface area contributed by atoms with Crippen LogP contribution in [-0.2, 0) is 9.09 Å². The maximum Gasteiger partial charge on any atom is 0.318 e. The first-order valence-corrected chi connectivity index (χ1v) is 5.59. The summed E-state index contributed by atoms with van der Waals surface area (Å²) in [4.78, 5) is 8.63. The Labute approximate surface area is 79.5 Å². The van der Waals surface area contributed by atoms with Crippen LogP contribution in [0.15, 0.2) is 0 Å². The molecule has 1 N–H and O–H groups in total. The average molecular weight is 205 g/mol. The monoisotopic (exact) mass is 205 g/mol. The van der Waals surface area contributed by atoms with Crippen molar-refractivity contribution in [3.8, 4) is 6.07 Å². The number of nitriles is 1. The summed E-state index contributed by atoms with van der Waals surface area (Å²) < 4.78 is 15.3. The zero-order chi connectivity index (χ0) is 10.5. The van der Waals surface area contributed by atoms with E-state index >= 15 is 0 Å². The summed E-state index contributed by atoms with van der Waals surface area (Å²) in [5.41, 5.74) is -1.13. The van der Waals surface area contributed by atoms with Gasteiger partial charge in [-0.15, -0.1) is 0 Å². The molecule has 0 aromatic carbocycles. The van der Waals surface area contributed by atoms with E-state index in [1.807, 2.05) is 19.9 Å². The Morgan fingerprint density at radius 2 is 2.08 bits per heavy atom. The maximum absolute atomic E-state index is 10.5. The predicted molar refractivity (Wildman–Crippen MR) is 50.4 cm³/mol. The third-order valence-electron chi connectivity index (χ3n) is 2.29. The van der Waals surface area contributed by atoms with Gasteiger partial charge < -0.3 is 4.89 Å². The standard InChI is InChI=1S/C8H16NO3P/c1-4-7(5-2)8(3,6-9)12-13(10)11/h7,13H,4-5H2,1-3H3,(H,10,11). The van der Waals surface area contributed by atoms with Gasteiger partial charge in [0, 0.05) is 5.92 Å². The quantitative estimate of drug-likeness (QED) is 0.697. The Bertz CT molecular complexity index is 222. The lowest BCUT2D eigenvalue weighted by atomic mass is 9.86. The minimum atomic E-state index is -3.04. The molecule has 0 saturated carbocycles. The van der Waals surface area contributed by atoms with E-state index in [9.17, 15) is 4.57 Å². The Morgan fingerprint density at radius 3 is 2.31 bits per heavy atom. The van der Waals surface area contributed by atoms with Crippen LogP contribution in [-0.4, -0.2) is 10.5 Å². The number of hydrogen-bond donors (Lipinski definition) is 1. The SMILES string of the molecule is CCC(CC)C(C)(C#N)O[PH](=O)O. The van der Waals surface area contributed by atoms with Crippen LogP contribution in [0.1, 0.15) is 33.6 Å². The van der Waals surface area contributed by atoms with Gasteiger partial charge in [0.15, 0.2) is 5.60 Å². The third kappa shape index (κ3) is 3.48. The van der Waals surface area contributed by atoms with Crippen molar-refractivity contribution in [3.05, 3.63) is 0 Å². The second kappa shape index (κ2) is 5.39. The highest BCUT2D eigenvalue weighted by Gasteiger charge is 2.34. The summed E-state index contributed by atoms with van der Waals surface area (Å²) in [7, 11) is -3.04. The van der Waals surface area contributed by atoms with Gasteiger partial charge in [0.25, 0.3) is 0 Å². The molecule has 13 heavy (non-hydrogen) atoms. The summed E-state index contributed by atoms with van der Waals surface area (Å²) in [6, 6.07) is 1.95. The van der Waals surface area contributed by atoms with Crippen molar-refractivity contribution < 1.29 is 14.0 Å². The zero-order valence-electron chi connectivity index (χ0n) is 8.20. The van der Waals surface area contributed by atoms with Crippen molar-refractivity contribution in [2.24, 2.45) is 5.92 Å². The summed E-state index contributed by atoms with van der Waals surface area (Å²) >= 11 is 0. The zero-order valence-corrected chi connectivity index (χ0v) is 9.20. The Balaban J connectivity index is 4.61. The van der Waals surface area contributed by atoms with Crippen LogP contribution in [0.2, 0.25) is 0 Å². The topological polar surface area (TPSA) is 70.3 Å². The van der Waals surface area contributed by atoms with Gasteiger partial charge in [-0.2, -0.15) is 5.26 Å². The smallest absolute Gasteiger partial charge is 0.318 e. The molecule has 0 radical (unpaired) electrons. The second-order valence-corrected chi connectivity index (χ2v) is 3.84. The van der Waals surface area contributed by atoms with Crippen LogP contribution in [0, 0.1) is 17.2 Å². The van der Waals surface area contributed by atoms with E-state index in [1.165, 1.54) is 0 Å². The lowest BCUT2D eigenvalue weighted by Gasteiger charge is -2.28. The second-order valence-electron chi connectivity index (χ2n) is 3.10. The number of hydrogen-bond acceptors (Lipinski definition) is 3. The molecule has 0 aliphatic rings. The molecule has 0 aromatic rings. The highest BCUT2D eigenvalue weighted by Crippen LogP contribution is 2.34. The minimum Gasteiger partial charge on any atom is -0.326 e. The van der Waals surface area contributed by atoms with E-state index in [4.69, 9.17) is 14.7 Å². The largest absolute Gasteiger partial charge is 0.326 e. The fourth-order valence-electron chi connectivity index (χ4n) is 1.45. The molecule has 0 aliphatic heterocycles. The third-order valence-corrected chi connectivity index (χ3v) is 2.88. The normalized spacial score (nSPS) is 17.8. The van der Waals surface area contributed by atoms with Gasteiger partial charge in [-0.25, -0.2) is 0 Å². The summed E-state index contributed by atoms with van der Waals surface area (Å²) in [5.74, 6) is -0.00130. The van der Waals surface area contributed by atoms with E-state index in [0.29, 0.717) is 0 Å². The van der Waals surface area contributed by atoms with Crippen LogP contribution in [0.4, 0.5) is 0 Å². The fourth-order valence-corrected chi connectivity index (χ4v) is 2.02. The Kier molecular flexibility index (Phi) is 5.24. The Morgan fingerprint density at radius 1 is 1.62 bits per heavy atom. The maximum atomic E-state index is 10.5. The minimum absolute atomic E-state index is 0.00130. The van der Waals surface area contributed by atoms with Crippen LogP contribution in [0.3, 0.4) is 0 Å². The molecule has 76 valence electrons. The van der Waals surface area contributed by atoms with Gasteiger partial charge in [-0.05, 0) is 19.8 Å². The van der Waals surface area contributed by atoms with Gasteiger partial charge in [0.05, 0.1) is 6.07 Å². The van der Waals surface area contributed by atoms with E-state index < -0.39 is 13.9 Å². The van der Waals surface area contributed by atoms with E-state index in [0.717, 1.165) is 12.8 Å². The molecule has 0 amide bonds. The van der Waals surface area contributed by atoms with Crippen LogP contribution >= 0.6 is 8.25 Å². The molecule has 0 fully saturated rings. The molecule has 0 heterocycles. The van der Waals surface area contributed by atoms with E-state index in [2.05, 4.69) is 0 Å². The molecule has 0 saturated heterocycles. The molecular weight excluding hydrogens is 189 g/mol. The lowest BCUT2D eigenvalue weighted by molar-refractivity contribution is 0.0715. The van der Waals surface area contributed by atoms with E-state index in [1.54, 1.807) is 6.92 Å². The molecular formula is C8H16NO3P. The predicted octanol–water partition coefficient (Wildman–Crippen LogP) is 2.10. The number of nitrogens with zero attached hydrogens (tertiary/aromatic N) is 1. The Hall–Kier alpha value is -0.360. The van der Waals surface area contributed by atoms with Gasteiger partial charge in [-0.1, -0.05) is 13.8 Å². The lowest BCUT2D eigenvalue weighted by Crippen LogP contribution is -2.33. The van der Waals surface area contributed by atoms with Crippen molar-refractivity contribution >= 4 is 8.25 Å². The van der Waals surface area contributed by atoms with Gasteiger partial charge >= 0.3 is 8.25 Å². The van der Waals surface area contributed by atoms with Crippen LogP contribution < -0.4 is 0 Å². The van der Waals surface area contributed by atoms with Gasteiger partial charge in [-0.3, -0.25) is 9.09 Å². The van der Waals surface area contributed by atoms with Crippen molar-refractivity contribution in [1.82, 2.24) is 0 Å². The van der Waals surface area contributed by atoms with Crippen LogP contribution in [0.25, 0.3) is 0 Å². The van der Waals surface area contributed by atoms with E-state index in [-0.39, 0.29) is 5.92 Å². The van der Waals surface area contributed by atoms with Gasteiger partial charge in [0.1, 0.15) is 0 Å². The van der Waals surface area contributed by atoms with Gasteiger partial charge in [0.2, 0.25) is 0 Å². The summed E-state index contributed by atoms with van der Waals surface area (Å²) in [6.07, 6.45) is 1.52. The first-order valence-electron chi connectivity index (χ1n) is 4.33. The summed E-state index contributed by atoms with van der Waals surface area (Å²) in [5, 5.41) is 8.86. The van der Waals surface area contributed by atoms with Crippen molar-refractivity contribution in [2.75, 3.05) is 0 Å². The average Bonchev–Trinajstić information content (AvgIpc) is 2.05. The highest BCUT2D eigenvalue weighted by atomic mass is 31.1. The molecule has 0 rings (SSSR count).